The SMILES string of the molecule is CN(Cc1ccccc1)C(CN)c1cc(Br)c(Cl)s1. The van der Waals surface area contributed by atoms with E-state index in [1.807, 2.05) is 6.07 Å². The average Bonchev–Trinajstić information content (AvgIpc) is 2.71. The second kappa shape index (κ2) is 6.86. The van der Waals surface area contributed by atoms with Crippen molar-refractivity contribution >= 4 is 38.9 Å². The molecule has 0 amide bonds. The molecule has 0 radical (unpaired) electrons. The Hall–Kier alpha value is -0.390. The highest BCUT2D eigenvalue weighted by Gasteiger charge is 2.19. The average molecular weight is 360 g/mol. The van der Waals surface area contributed by atoms with Gasteiger partial charge >= 0.3 is 0 Å². The van der Waals surface area contributed by atoms with Crippen LogP contribution in [0.2, 0.25) is 4.34 Å². The molecule has 2 aromatic rings. The van der Waals surface area contributed by atoms with E-state index >= 15 is 0 Å². The van der Waals surface area contributed by atoms with Crippen LogP contribution in [0.5, 0.6) is 0 Å². The molecular formula is C14H16BrClN2S. The highest BCUT2D eigenvalue weighted by atomic mass is 79.9. The van der Waals surface area contributed by atoms with Crippen LogP contribution in [-0.4, -0.2) is 18.5 Å². The molecular weight excluding hydrogens is 344 g/mol. The van der Waals surface area contributed by atoms with Crippen molar-refractivity contribution in [3.63, 3.8) is 0 Å². The van der Waals surface area contributed by atoms with Gasteiger partial charge in [0.2, 0.25) is 0 Å². The van der Waals surface area contributed by atoms with Crippen LogP contribution in [0.4, 0.5) is 0 Å². The van der Waals surface area contributed by atoms with Gasteiger partial charge in [0.1, 0.15) is 4.34 Å². The number of nitrogens with two attached hydrogens (primary N) is 1. The number of nitrogens with zero attached hydrogens (tertiary/aromatic N) is 1. The van der Waals surface area contributed by atoms with Crippen LogP contribution < -0.4 is 5.73 Å². The fourth-order valence-electron chi connectivity index (χ4n) is 2.02. The summed E-state index contributed by atoms with van der Waals surface area (Å²) in [7, 11) is 2.09. The highest BCUT2D eigenvalue weighted by Crippen LogP contribution is 2.36. The van der Waals surface area contributed by atoms with Crippen LogP contribution in [0.1, 0.15) is 16.5 Å². The minimum absolute atomic E-state index is 0.189. The molecule has 2 nitrogen and oxygen atoms in total. The van der Waals surface area contributed by atoms with Crippen molar-refractivity contribution in [2.45, 2.75) is 12.6 Å². The maximum Gasteiger partial charge on any atom is 0.107 e. The Labute approximate surface area is 131 Å². The molecule has 0 bridgehead atoms. The normalized spacial score (nSPS) is 12.9. The summed E-state index contributed by atoms with van der Waals surface area (Å²) < 4.78 is 1.72. The molecule has 1 aromatic heterocycles. The lowest BCUT2D eigenvalue weighted by Gasteiger charge is -2.26. The van der Waals surface area contributed by atoms with E-state index in [2.05, 4.69) is 58.2 Å². The van der Waals surface area contributed by atoms with E-state index in [4.69, 9.17) is 17.3 Å². The first-order valence-corrected chi connectivity index (χ1v) is 7.99. The van der Waals surface area contributed by atoms with E-state index < -0.39 is 0 Å². The van der Waals surface area contributed by atoms with Gasteiger partial charge in [-0.25, -0.2) is 0 Å². The first kappa shape index (κ1) is 15.0. The number of likely N-dealkylation sites (N-methyl/N-ethyl adjacent to an activating group) is 1. The van der Waals surface area contributed by atoms with Crippen LogP contribution >= 0.6 is 38.9 Å². The number of thiophene rings is 1. The first-order chi connectivity index (χ1) is 9.11. The van der Waals surface area contributed by atoms with Gasteiger partial charge in [0, 0.05) is 22.4 Å². The summed E-state index contributed by atoms with van der Waals surface area (Å²) >= 11 is 11.1. The zero-order chi connectivity index (χ0) is 13.8. The predicted molar refractivity (Wildman–Crippen MR) is 86.7 cm³/mol. The number of halogens is 2. The molecule has 0 aliphatic carbocycles. The van der Waals surface area contributed by atoms with Gasteiger partial charge in [0.05, 0.1) is 6.04 Å². The fourth-order valence-corrected chi connectivity index (χ4v) is 3.94. The van der Waals surface area contributed by atoms with Gasteiger partial charge in [-0.3, -0.25) is 4.90 Å². The second-order valence-corrected chi connectivity index (χ2v) is 6.96. The zero-order valence-corrected chi connectivity index (χ0v) is 13.8. The van der Waals surface area contributed by atoms with Crippen molar-refractivity contribution in [2.75, 3.05) is 13.6 Å². The molecule has 19 heavy (non-hydrogen) atoms. The molecule has 2 rings (SSSR count). The summed E-state index contributed by atoms with van der Waals surface area (Å²) in [6.45, 7) is 1.45. The van der Waals surface area contributed by atoms with Gasteiger partial charge < -0.3 is 5.73 Å². The summed E-state index contributed by atoms with van der Waals surface area (Å²) in [5.74, 6) is 0. The standard InChI is InChI=1S/C14H16BrClN2S/c1-18(9-10-5-3-2-4-6-10)12(8-17)13-7-11(15)14(16)19-13/h2-7,12H,8-9,17H2,1H3. The molecule has 0 saturated heterocycles. The van der Waals surface area contributed by atoms with Crippen molar-refractivity contribution < 1.29 is 0 Å². The van der Waals surface area contributed by atoms with E-state index in [0.29, 0.717) is 6.54 Å². The Morgan fingerprint density at radius 2 is 2.05 bits per heavy atom. The van der Waals surface area contributed by atoms with Crippen molar-refractivity contribution in [1.29, 1.82) is 0 Å². The van der Waals surface area contributed by atoms with E-state index in [1.165, 1.54) is 10.4 Å². The maximum atomic E-state index is 6.11. The van der Waals surface area contributed by atoms with Crippen molar-refractivity contribution in [2.24, 2.45) is 5.73 Å². The first-order valence-electron chi connectivity index (χ1n) is 6.00. The van der Waals surface area contributed by atoms with Gasteiger partial charge in [0.25, 0.3) is 0 Å². The lowest BCUT2D eigenvalue weighted by Crippen LogP contribution is -2.29. The molecule has 5 heteroatoms. The largest absolute Gasteiger partial charge is 0.329 e. The van der Waals surface area contributed by atoms with Crippen LogP contribution in [-0.2, 0) is 6.54 Å². The molecule has 2 N–H and O–H groups in total. The predicted octanol–water partition coefficient (Wildman–Crippen LogP) is 4.30. The Bertz CT molecular complexity index is 510. The summed E-state index contributed by atoms with van der Waals surface area (Å²) in [5.41, 5.74) is 7.21. The smallest absolute Gasteiger partial charge is 0.107 e. The lowest BCUT2D eigenvalue weighted by molar-refractivity contribution is 0.245. The molecule has 0 aliphatic heterocycles. The Morgan fingerprint density at radius 3 is 2.58 bits per heavy atom. The lowest BCUT2D eigenvalue weighted by atomic mass is 10.1. The van der Waals surface area contributed by atoms with Crippen LogP contribution in [0.3, 0.4) is 0 Å². The Morgan fingerprint density at radius 1 is 1.37 bits per heavy atom. The molecule has 1 unspecified atom stereocenters. The molecule has 0 saturated carbocycles. The monoisotopic (exact) mass is 358 g/mol. The molecule has 0 fully saturated rings. The quantitative estimate of drug-likeness (QED) is 0.862. The van der Waals surface area contributed by atoms with E-state index in [9.17, 15) is 0 Å². The van der Waals surface area contributed by atoms with Gasteiger partial charge in [0.15, 0.2) is 0 Å². The zero-order valence-electron chi connectivity index (χ0n) is 10.6. The highest BCUT2D eigenvalue weighted by molar-refractivity contribution is 9.10. The summed E-state index contributed by atoms with van der Waals surface area (Å²) in [5, 5.41) is 0. The molecule has 1 aromatic carbocycles. The van der Waals surface area contributed by atoms with Gasteiger partial charge in [-0.2, -0.15) is 0 Å². The van der Waals surface area contributed by atoms with Gasteiger partial charge in [-0.1, -0.05) is 41.9 Å². The Balaban J connectivity index is 2.13. The Kier molecular flexibility index (Phi) is 5.42. The minimum atomic E-state index is 0.189. The number of hydrogen-bond acceptors (Lipinski definition) is 3. The van der Waals surface area contributed by atoms with Gasteiger partial charge in [-0.05, 0) is 34.6 Å². The third kappa shape index (κ3) is 3.80. The van der Waals surface area contributed by atoms with Crippen molar-refractivity contribution in [3.8, 4) is 0 Å². The summed E-state index contributed by atoms with van der Waals surface area (Å²) in [4.78, 5) is 3.45. The van der Waals surface area contributed by atoms with E-state index in [-0.39, 0.29) is 6.04 Å². The molecule has 0 spiro atoms. The fraction of sp³-hybridized carbons (Fsp3) is 0.286. The number of benzene rings is 1. The van der Waals surface area contributed by atoms with Crippen molar-refractivity contribution in [3.05, 3.63) is 55.6 Å². The van der Waals surface area contributed by atoms with Gasteiger partial charge in [-0.15, -0.1) is 11.3 Å². The summed E-state index contributed by atoms with van der Waals surface area (Å²) in [6.07, 6.45) is 0. The van der Waals surface area contributed by atoms with Crippen LogP contribution in [0, 0.1) is 0 Å². The third-order valence-electron chi connectivity index (χ3n) is 3.02. The second-order valence-electron chi connectivity index (χ2n) is 4.42. The number of rotatable bonds is 5. The molecule has 1 heterocycles. The third-order valence-corrected chi connectivity index (χ3v) is 5.60. The molecule has 102 valence electrons. The maximum absolute atomic E-state index is 6.11. The summed E-state index contributed by atoms with van der Waals surface area (Å²) in [6, 6.07) is 12.6. The molecule has 0 aliphatic rings. The minimum Gasteiger partial charge on any atom is -0.329 e. The van der Waals surface area contributed by atoms with Crippen molar-refractivity contribution in [1.82, 2.24) is 4.90 Å². The molecule has 1 atom stereocenters. The van der Waals surface area contributed by atoms with E-state index in [0.717, 1.165) is 15.4 Å². The topological polar surface area (TPSA) is 29.3 Å². The van der Waals surface area contributed by atoms with Crippen LogP contribution in [0.15, 0.2) is 40.9 Å². The van der Waals surface area contributed by atoms with Crippen LogP contribution in [0.25, 0.3) is 0 Å². The number of hydrogen-bond donors (Lipinski definition) is 1. The van der Waals surface area contributed by atoms with E-state index in [1.54, 1.807) is 11.3 Å².